The van der Waals surface area contributed by atoms with Gasteiger partial charge in [-0.2, -0.15) is 0 Å². The molecule has 1 aliphatic rings. The minimum atomic E-state index is -0.0934. The minimum absolute atomic E-state index is 0.0551. The lowest BCUT2D eigenvalue weighted by molar-refractivity contribution is 0.0600. The Morgan fingerprint density at radius 1 is 1.21 bits per heavy atom. The SMILES string of the molecule is Cc1cc([C@@H]2CCCCN2C(=O)c2cn(C)cn2)nc(-c2c(C)noc2C)n1. The van der Waals surface area contributed by atoms with Crippen molar-refractivity contribution < 1.29 is 9.32 Å². The fourth-order valence-corrected chi connectivity index (χ4v) is 3.83. The van der Waals surface area contributed by atoms with Crippen LogP contribution in [0.4, 0.5) is 0 Å². The number of rotatable bonds is 3. The van der Waals surface area contributed by atoms with E-state index in [0.29, 0.717) is 23.8 Å². The molecule has 0 spiro atoms. The number of aromatic nitrogens is 5. The van der Waals surface area contributed by atoms with Crippen LogP contribution in [0.25, 0.3) is 11.4 Å². The van der Waals surface area contributed by atoms with E-state index in [1.807, 2.05) is 38.8 Å². The number of hydrogen-bond acceptors (Lipinski definition) is 6. The summed E-state index contributed by atoms with van der Waals surface area (Å²) in [5.74, 6) is 1.24. The summed E-state index contributed by atoms with van der Waals surface area (Å²) in [5, 5.41) is 4.02. The van der Waals surface area contributed by atoms with Crippen molar-refractivity contribution >= 4 is 5.91 Å². The molecule has 0 radical (unpaired) electrons. The van der Waals surface area contributed by atoms with Gasteiger partial charge in [0.05, 0.1) is 29.3 Å². The molecule has 0 saturated carbocycles. The smallest absolute Gasteiger partial charge is 0.274 e. The number of carbonyl (C=O) groups is 1. The van der Waals surface area contributed by atoms with Crippen molar-refractivity contribution in [2.45, 2.75) is 46.1 Å². The van der Waals surface area contributed by atoms with Gasteiger partial charge in [-0.05, 0) is 46.1 Å². The van der Waals surface area contributed by atoms with Gasteiger partial charge < -0.3 is 14.0 Å². The summed E-state index contributed by atoms with van der Waals surface area (Å²) in [6.07, 6.45) is 6.32. The van der Waals surface area contributed by atoms with Crippen molar-refractivity contribution in [3.63, 3.8) is 0 Å². The maximum absolute atomic E-state index is 13.1. The summed E-state index contributed by atoms with van der Waals surface area (Å²) < 4.78 is 7.08. The maximum Gasteiger partial charge on any atom is 0.274 e. The lowest BCUT2D eigenvalue weighted by Crippen LogP contribution is -2.39. The van der Waals surface area contributed by atoms with E-state index in [-0.39, 0.29) is 11.9 Å². The van der Waals surface area contributed by atoms with E-state index in [1.54, 1.807) is 17.1 Å². The standard InChI is InChI=1S/C20H24N6O2/c1-12-9-15(23-19(22-12)18-13(2)24-28-14(18)3)17-7-5-6-8-26(17)20(27)16-10-25(4)11-21-16/h9-11,17H,5-8H2,1-4H3/t17-/m0/s1. The monoisotopic (exact) mass is 380 g/mol. The first-order chi connectivity index (χ1) is 13.4. The second-order valence-corrected chi connectivity index (χ2v) is 7.39. The number of aryl methyl sites for hydroxylation is 4. The van der Waals surface area contributed by atoms with Crippen molar-refractivity contribution in [3.8, 4) is 11.4 Å². The highest BCUT2D eigenvalue weighted by Crippen LogP contribution is 2.33. The van der Waals surface area contributed by atoms with Crippen LogP contribution in [0.3, 0.4) is 0 Å². The molecular weight excluding hydrogens is 356 g/mol. The lowest BCUT2D eigenvalue weighted by Gasteiger charge is -2.35. The zero-order chi connectivity index (χ0) is 19.8. The molecule has 0 N–H and O–H groups in total. The quantitative estimate of drug-likeness (QED) is 0.693. The predicted octanol–water partition coefficient (Wildman–Crippen LogP) is 3.16. The Bertz CT molecular complexity index is 1000. The molecule has 146 valence electrons. The van der Waals surface area contributed by atoms with Crippen LogP contribution in [0.5, 0.6) is 0 Å². The molecule has 8 nitrogen and oxygen atoms in total. The minimum Gasteiger partial charge on any atom is -0.361 e. The Hall–Kier alpha value is -3.03. The highest BCUT2D eigenvalue weighted by molar-refractivity contribution is 5.92. The van der Waals surface area contributed by atoms with E-state index >= 15 is 0 Å². The molecule has 1 atom stereocenters. The third kappa shape index (κ3) is 3.30. The van der Waals surface area contributed by atoms with Crippen LogP contribution >= 0.6 is 0 Å². The average molecular weight is 380 g/mol. The third-order valence-corrected chi connectivity index (χ3v) is 5.16. The highest BCUT2D eigenvalue weighted by Gasteiger charge is 2.31. The fourth-order valence-electron chi connectivity index (χ4n) is 3.83. The van der Waals surface area contributed by atoms with Crippen molar-refractivity contribution in [1.82, 2.24) is 29.6 Å². The van der Waals surface area contributed by atoms with Crippen molar-refractivity contribution in [2.24, 2.45) is 7.05 Å². The van der Waals surface area contributed by atoms with Crippen LogP contribution in [0.15, 0.2) is 23.1 Å². The Kier molecular flexibility index (Phi) is 4.70. The zero-order valence-electron chi connectivity index (χ0n) is 16.6. The zero-order valence-corrected chi connectivity index (χ0v) is 16.6. The van der Waals surface area contributed by atoms with Gasteiger partial charge in [0.1, 0.15) is 11.5 Å². The van der Waals surface area contributed by atoms with Crippen LogP contribution in [0.1, 0.15) is 58.6 Å². The number of hydrogen-bond donors (Lipinski definition) is 0. The van der Waals surface area contributed by atoms with Gasteiger partial charge in [-0.3, -0.25) is 4.79 Å². The average Bonchev–Trinajstić information content (AvgIpc) is 3.26. The van der Waals surface area contributed by atoms with Crippen molar-refractivity contribution in [3.05, 3.63) is 47.1 Å². The molecule has 0 bridgehead atoms. The molecule has 28 heavy (non-hydrogen) atoms. The number of imidazole rings is 1. The number of piperidine rings is 1. The molecule has 3 aromatic rings. The largest absolute Gasteiger partial charge is 0.361 e. The molecule has 1 amide bonds. The molecule has 0 aliphatic carbocycles. The van der Waals surface area contributed by atoms with E-state index in [4.69, 9.17) is 9.51 Å². The summed E-state index contributed by atoms with van der Waals surface area (Å²) in [6, 6.07) is 1.88. The molecule has 1 saturated heterocycles. The van der Waals surface area contributed by atoms with Crippen LogP contribution < -0.4 is 0 Å². The highest BCUT2D eigenvalue weighted by atomic mass is 16.5. The molecule has 3 aromatic heterocycles. The van der Waals surface area contributed by atoms with Crippen LogP contribution in [0.2, 0.25) is 0 Å². The maximum atomic E-state index is 13.1. The van der Waals surface area contributed by atoms with E-state index in [0.717, 1.165) is 41.9 Å². The van der Waals surface area contributed by atoms with Crippen molar-refractivity contribution in [1.29, 1.82) is 0 Å². The lowest BCUT2D eigenvalue weighted by atomic mass is 9.98. The summed E-state index contributed by atoms with van der Waals surface area (Å²) in [5.41, 5.74) is 3.76. The molecule has 0 aromatic carbocycles. The molecule has 4 heterocycles. The summed E-state index contributed by atoms with van der Waals surface area (Å²) >= 11 is 0. The van der Waals surface area contributed by atoms with Gasteiger partial charge in [-0.1, -0.05) is 5.16 Å². The predicted molar refractivity (Wildman–Crippen MR) is 103 cm³/mol. The fraction of sp³-hybridized carbons (Fsp3) is 0.450. The van der Waals surface area contributed by atoms with E-state index in [1.165, 1.54) is 0 Å². The Labute approximate surface area is 163 Å². The van der Waals surface area contributed by atoms with E-state index in [2.05, 4.69) is 15.1 Å². The van der Waals surface area contributed by atoms with Gasteiger partial charge in [0.15, 0.2) is 5.82 Å². The van der Waals surface area contributed by atoms with Gasteiger partial charge in [0, 0.05) is 25.5 Å². The second kappa shape index (κ2) is 7.18. The van der Waals surface area contributed by atoms with Crippen molar-refractivity contribution in [2.75, 3.05) is 6.54 Å². The topological polar surface area (TPSA) is 89.9 Å². The first-order valence-electron chi connectivity index (χ1n) is 9.52. The number of likely N-dealkylation sites (tertiary alicyclic amines) is 1. The first-order valence-corrected chi connectivity index (χ1v) is 9.52. The van der Waals surface area contributed by atoms with Gasteiger partial charge in [0.2, 0.25) is 0 Å². The molecule has 4 rings (SSSR count). The van der Waals surface area contributed by atoms with Gasteiger partial charge in [-0.15, -0.1) is 0 Å². The normalized spacial score (nSPS) is 17.1. The van der Waals surface area contributed by atoms with Crippen LogP contribution in [0, 0.1) is 20.8 Å². The number of amides is 1. The number of carbonyl (C=O) groups excluding carboxylic acids is 1. The Morgan fingerprint density at radius 2 is 2.04 bits per heavy atom. The Morgan fingerprint density at radius 3 is 2.71 bits per heavy atom. The van der Waals surface area contributed by atoms with E-state index < -0.39 is 0 Å². The van der Waals surface area contributed by atoms with E-state index in [9.17, 15) is 4.79 Å². The van der Waals surface area contributed by atoms with Gasteiger partial charge in [0.25, 0.3) is 5.91 Å². The van der Waals surface area contributed by atoms with Crippen LogP contribution in [-0.2, 0) is 7.05 Å². The number of nitrogens with zero attached hydrogens (tertiary/aromatic N) is 6. The second-order valence-electron chi connectivity index (χ2n) is 7.39. The summed E-state index contributed by atoms with van der Waals surface area (Å²) in [6.45, 7) is 6.39. The summed E-state index contributed by atoms with van der Waals surface area (Å²) in [7, 11) is 1.86. The molecule has 1 aliphatic heterocycles. The first kappa shape index (κ1) is 18.3. The summed E-state index contributed by atoms with van der Waals surface area (Å²) in [4.78, 5) is 28.6. The molecule has 1 fully saturated rings. The molecule has 0 unspecified atom stereocenters. The molecular formula is C20H24N6O2. The van der Waals surface area contributed by atoms with Crippen LogP contribution in [-0.4, -0.2) is 42.0 Å². The third-order valence-electron chi connectivity index (χ3n) is 5.16. The van der Waals surface area contributed by atoms with Gasteiger partial charge >= 0.3 is 0 Å². The molecule has 8 heteroatoms. The Balaban J connectivity index is 1.73. The van der Waals surface area contributed by atoms with Gasteiger partial charge in [-0.25, -0.2) is 15.0 Å².